The molecule has 1 aliphatic heterocycles. The minimum atomic E-state index is -0.696. The number of hydrogen-bond donors (Lipinski definition) is 1. The zero-order valence-electron chi connectivity index (χ0n) is 11.7. The highest BCUT2D eigenvalue weighted by Crippen LogP contribution is 2.30. The van der Waals surface area contributed by atoms with Crippen LogP contribution in [0.25, 0.3) is 0 Å². The average molecular weight is 252 g/mol. The average Bonchev–Trinajstić information content (AvgIpc) is 2.35. The lowest BCUT2D eigenvalue weighted by molar-refractivity contribution is -0.152. The van der Waals surface area contributed by atoms with Crippen molar-refractivity contribution in [3.05, 3.63) is 0 Å². The van der Waals surface area contributed by atoms with Crippen molar-refractivity contribution in [3.63, 3.8) is 0 Å². The van der Waals surface area contributed by atoms with E-state index in [1.165, 1.54) is 12.8 Å². The van der Waals surface area contributed by atoms with E-state index in [0.29, 0.717) is 6.42 Å². The molecule has 2 amide bonds. The minimum Gasteiger partial charge on any atom is -0.340 e. The van der Waals surface area contributed by atoms with Crippen LogP contribution < -0.4 is 5.32 Å². The molecule has 4 heteroatoms. The maximum Gasteiger partial charge on any atom is 0.248 e. The molecule has 1 saturated heterocycles. The highest BCUT2D eigenvalue weighted by Gasteiger charge is 2.44. The Balaban J connectivity index is 2.12. The van der Waals surface area contributed by atoms with Crippen molar-refractivity contribution in [2.75, 3.05) is 6.54 Å². The largest absolute Gasteiger partial charge is 0.340 e. The fourth-order valence-corrected chi connectivity index (χ4v) is 3.03. The standard InChI is InChI=1S/C14H24N2O2/c1-4-14(3)13(18)16(9-12(17)15-14)11-7-5-10(2)6-8-11/h10-11H,4-9H2,1-3H3,(H,15,17). The molecule has 1 saturated carbocycles. The van der Waals surface area contributed by atoms with E-state index in [-0.39, 0.29) is 24.4 Å². The lowest BCUT2D eigenvalue weighted by atomic mass is 9.84. The van der Waals surface area contributed by atoms with E-state index in [4.69, 9.17) is 0 Å². The second-order valence-corrected chi connectivity index (χ2v) is 6.08. The minimum absolute atomic E-state index is 0.0161. The smallest absolute Gasteiger partial charge is 0.248 e. The molecule has 0 bridgehead atoms. The van der Waals surface area contributed by atoms with Gasteiger partial charge in [-0.25, -0.2) is 0 Å². The van der Waals surface area contributed by atoms with E-state index >= 15 is 0 Å². The van der Waals surface area contributed by atoms with Crippen LogP contribution in [-0.4, -0.2) is 34.8 Å². The summed E-state index contributed by atoms with van der Waals surface area (Å²) < 4.78 is 0. The molecule has 1 aliphatic carbocycles. The second kappa shape index (κ2) is 4.90. The summed E-state index contributed by atoms with van der Waals surface area (Å²) in [6.45, 7) is 6.29. The summed E-state index contributed by atoms with van der Waals surface area (Å²) in [4.78, 5) is 26.1. The summed E-state index contributed by atoms with van der Waals surface area (Å²) in [6.07, 6.45) is 5.06. The molecule has 102 valence electrons. The van der Waals surface area contributed by atoms with E-state index in [0.717, 1.165) is 18.8 Å². The number of carbonyl (C=O) groups excluding carboxylic acids is 2. The van der Waals surface area contributed by atoms with E-state index < -0.39 is 5.54 Å². The van der Waals surface area contributed by atoms with Gasteiger partial charge in [-0.3, -0.25) is 9.59 Å². The third-order valence-electron chi connectivity index (χ3n) is 4.60. The Morgan fingerprint density at radius 1 is 1.28 bits per heavy atom. The predicted molar refractivity (Wildman–Crippen MR) is 70.0 cm³/mol. The van der Waals surface area contributed by atoms with E-state index in [1.54, 1.807) is 0 Å². The highest BCUT2D eigenvalue weighted by molar-refractivity contribution is 5.97. The van der Waals surface area contributed by atoms with Crippen LogP contribution in [0.2, 0.25) is 0 Å². The third-order valence-corrected chi connectivity index (χ3v) is 4.60. The van der Waals surface area contributed by atoms with Gasteiger partial charge < -0.3 is 10.2 Å². The normalized spacial score (nSPS) is 37.6. The van der Waals surface area contributed by atoms with Crippen molar-refractivity contribution in [1.29, 1.82) is 0 Å². The second-order valence-electron chi connectivity index (χ2n) is 6.08. The van der Waals surface area contributed by atoms with Gasteiger partial charge in [0.25, 0.3) is 0 Å². The van der Waals surface area contributed by atoms with Gasteiger partial charge in [0, 0.05) is 6.04 Å². The number of nitrogens with zero attached hydrogens (tertiary/aromatic N) is 1. The van der Waals surface area contributed by atoms with Gasteiger partial charge >= 0.3 is 0 Å². The summed E-state index contributed by atoms with van der Waals surface area (Å²) in [7, 11) is 0. The molecular formula is C14H24N2O2. The van der Waals surface area contributed by atoms with Crippen LogP contribution in [0.3, 0.4) is 0 Å². The summed E-state index contributed by atoms with van der Waals surface area (Å²) in [5.41, 5.74) is -0.696. The van der Waals surface area contributed by atoms with Gasteiger partial charge in [0.2, 0.25) is 11.8 Å². The van der Waals surface area contributed by atoms with Crippen molar-refractivity contribution < 1.29 is 9.59 Å². The molecule has 1 heterocycles. The van der Waals surface area contributed by atoms with Crippen LogP contribution in [0.15, 0.2) is 0 Å². The molecule has 0 radical (unpaired) electrons. The van der Waals surface area contributed by atoms with E-state index in [2.05, 4.69) is 12.2 Å². The number of hydrogen-bond acceptors (Lipinski definition) is 2. The summed E-state index contributed by atoms with van der Waals surface area (Å²) in [6, 6.07) is 0.269. The number of rotatable bonds is 2. The molecule has 1 unspecified atom stereocenters. The van der Waals surface area contributed by atoms with Gasteiger partial charge in [-0.2, -0.15) is 0 Å². The Labute approximate surface area is 109 Å². The molecule has 0 spiro atoms. The summed E-state index contributed by atoms with van der Waals surface area (Å²) in [5, 5.41) is 2.84. The first-order valence-electron chi connectivity index (χ1n) is 7.08. The van der Waals surface area contributed by atoms with Crippen molar-refractivity contribution in [2.24, 2.45) is 5.92 Å². The summed E-state index contributed by atoms with van der Waals surface area (Å²) in [5.74, 6) is 0.842. The molecule has 1 N–H and O–H groups in total. The van der Waals surface area contributed by atoms with Crippen LogP contribution >= 0.6 is 0 Å². The van der Waals surface area contributed by atoms with Crippen LogP contribution in [0.5, 0.6) is 0 Å². The number of nitrogens with one attached hydrogen (secondary N) is 1. The van der Waals surface area contributed by atoms with Crippen LogP contribution in [-0.2, 0) is 9.59 Å². The molecule has 2 aliphatic rings. The molecule has 0 aromatic heterocycles. The van der Waals surface area contributed by atoms with Crippen LogP contribution in [0.4, 0.5) is 0 Å². The summed E-state index contributed by atoms with van der Waals surface area (Å²) >= 11 is 0. The highest BCUT2D eigenvalue weighted by atomic mass is 16.2. The van der Waals surface area contributed by atoms with Crippen molar-refractivity contribution in [3.8, 4) is 0 Å². The van der Waals surface area contributed by atoms with Crippen LogP contribution in [0, 0.1) is 5.92 Å². The third kappa shape index (κ3) is 2.38. The fourth-order valence-electron chi connectivity index (χ4n) is 3.03. The van der Waals surface area contributed by atoms with Gasteiger partial charge in [0.15, 0.2) is 0 Å². The number of amides is 2. The first kappa shape index (κ1) is 13.4. The Hall–Kier alpha value is -1.06. The Morgan fingerprint density at radius 2 is 1.89 bits per heavy atom. The molecule has 18 heavy (non-hydrogen) atoms. The van der Waals surface area contributed by atoms with Crippen LogP contribution in [0.1, 0.15) is 52.9 Å². The maximum absolute atomic E-state index is 12.5. The van der Waals surface area contributed by atoms with Gasteiger partial charge in [-0.05, 0) is 44.9 Å². The van der Waals surface area contributed by atoms with Crippen molar-refractivity contribution in [1.82, 2.24) is 10.2 Å². The van der Waals surface area contributed by atoms with Gasteiger partial charge in [-0.1, -0.05) is 13.8 Å². The zero-order chi connectivity index (χ0) is 13.3. The molecular weight excluding hydrogens is 228 g/mol. The van der Waals surface area contributed by atoms with Gasteiger partial charge in [0.1, 0.15) is 5.54 Å². The molecule has 1 atom stereocenters. The lowest BCUT2D eigenvalue weighted by Gasteiger charge is -2.44. The monoisotopic (exact) mass is 252 g/mol. The maximum atomic E-state index is 12.5. The molecule has 2 fully saturated rings. The van der Waals surface area contributed by atoms with E-state index in [1.807, 2.05) is 18.7 Å². The Kier molecular flexibility index (Phi) is 3.64. The first-order valence-corrected chi connectivity index (χ1v) is 7.08. The topological polar surface area (TPSA) is 49.4 Å². The van der Waals surface area contributed by atoms with Crippen molar-refractivity contribution >= 4 is 11.8 Å². The predicted octanol–water partition coefficient (Wildman–Crippen LogP) is 1.69. The molecule has 2 rings (SSSR count). The van der Waals surface area contributed by atoms with Gasteiger partial charge in [-0.15, -0.1) is 0 Å². The Morgan fingerprint density at radius 3 is 2.44 bits per heavy atom. The zero-order valence-corrected chi connectivity index (χ0v) is 11.7. The Bertz CT molecular complexity index is 348. The number of carbonyl (C=O) groups is 2. The van der Waals surface area contributed by atoms with Crippen molar-refractivity contribution in [2.45, 2.75) is 64.5 Å². The molecule has 0 aromatic rings. The van der Waals surface area contributed by atoms with Gasteiger partial charge in [0.05, 0.1) is 6.54 Å². The lowest BCUT2D eigenvalue weighted by Crippen LogP contribution is -2.67. The molecule has 0 aromatic carbocycles. The van der Waals surface area contributed by atoms with E-state index in [9.17, 15) is 9.59 Å². The number of piperazine rings is 1. The first-order chi connectivity index (χ1) is 8.46. The quantitative estimate of drug-likeness (QED) is 0.813. The fraction of sp³-hybridized carbons (Fsp3) is 0.857. The molecule has 4 nitrogen and oxygen atoms in total. The SMILES string of the molecule is CCC1(C)NC(=O)CN(C2CCC(C)CC2)C1=O.